The van der Waals surface area contributed by atoms with Crippen molar-refractivity contribution in [2.75, 3.05) is 19.0 Å². The summed E-state index contributed by atoms with van der Waals surface area (Å²) in [5.74, 6) is 0.316. The molecule has 1 N–H and O–H groups in total. The summed E-state index contributed by atoms with van der Waals surface area (Å²) in [6.45, 7) is -0.0702. The molecule has 0 fully saturated rings. The topological polar surface area (TPSA) is 89.1 Å². The van der Waals surface area contributed by atoms with Crippen LogP contribution in [0.4, 0.5) is 5.69 Å². The van der Waals surface area contributed by atoms with E-state index in [0.29, 0.717) is 28.5 Å². The van der Waals surface area contributed by atoms with Gasteiger partial charge in [-0.3, -0.25) is 14.0 Å². The second kappa shape index (κ2) is 10.1. The van der Waals surface area contributed by atoms with Crippen LogP contribution >= 0.6 is 11.6 Å². The minimum Gasteiger partial charge on any atom is -0.495 e. The molecule has 4 aromatic rings. The summed E-state index contributed by atoms with van der Waals surface area (Å²) < 4.78 is 12.4. The number of methoxy groups -OCH3 is 1. The maximum Gasteiger partial charge on any atom is 0.247 e. The smallest absolute Gasteiger partial charge is 0.247 e. The molecule has 168 valence electrons. The lowest BCUT2D eigenvalue weighted by atomic mass is 10.3. The molecule has 8 nitrogen and oxygen atoms in total. The summed E-state index contributed by atoms with van der Waals surface area (Å²) >= 11 is 6.25. The second-order valence-corrected chi connectivity index (χ2v) is 7.43. The monoisotopic (exact) mass is 464 g/mol. The van der Waals surface area contributed by atoms with E-state index < -0.39 is 0 Å². The number of fused-ring (bicyclic) bond motifs is 1. The van der Waals surface area contributed by atoms with Gasteiger partial charge in [0, 0.05) is 12.3 Å². The minimum atomic E-state index is -0.386. The van der Waals surface area contributed by atoms with Crippen molar-refractivity contribution < 1.29 is 18.7 Å². The van der Waals surface area contributed by atoms with Gasteiger partial charge >= 0.3 is 0 Å². The highest BCUT2D eigenvalue weighted by atomic mass is 35.5. The van der Waals surface area contributed by atoms with Crippen molar-refractivity contribution in [3.8, 4) is 5.75 Å². The van der Waals surface area contributed by atoms with E-state index in [1.165, 1.54) is 24.3 Å². The molecule has 9 heteroatoms. The number of benzene rings is 1. The third-order valence-electron chi connectivity index (χ3n) is 4.86. The maximum atomic E-state index is 13.0. The minimum absolute atomic E-state index is 0.121. The second-order valence-electron chi connectivity index (χ2n) is 7.07. The maximum absolute atomic E-state index is 13.0. The number of anilines is 1. The number of imidazole rings is 1. The molecule has 4 rings (SSSR count). The van der Waals surface area contributed by atoms with Gasteiger partial charge in [-0.05, 0) is 42.5 Å². The van der Waals surface area contributed by atoms with Crippen LogP contribution in [0, 0.1) is 0 Å². The predicted octanol–water partition coefficient (Wildman–Crippen LogP) is 4.27. The Balaban J connectivity index is 1.53. The number of amides is 2. The van der Waals surface area contributed by atoms with Gasteiger partial charge in [-0.1, -0.05) is 29.8 Å². The first-order valence-electron chi connectivity index (χ1n) is 10.1. The van der Waals surface area contributed by atoms with Gasteiger partial charge in [0.1, 0.15) is 23.7 Å². The van der Waals surface area contributed by atoms with E-state index in [9.17, 15) is 9.59 Å². The number of nitrogens with zero attached hydrogens (tertiary/aromatic N) is 3. The van der Waals surface area contributed by atoms with Gasteiger partial charge in [0.25, 0.3) is 0 Å². The number of nitrogens with one attached hydrogen (secondary N) is 1. The lowest BCUT2D eigenvalue weighted by Crippen LogP contribution is -2.36. The first-order valence-corrected chi connectivity index (χ1v) is 10.5. The third-order valence-corrected chi connectivity index (χ3v) is 5.14. The summed E-state index contributed by atoms with van der Waals surface area (Å²) in [5.41, 5.74) is 1.75. The third kappa shape index (κ3) is 5.24. The Labute approximate surface area is 195 Å². The number of pyridine rings is 1. The van der Waals surface area contributed by atoms with Gasteiger partial charge in [0.2, 0.25) is 11.8 Å². The zero-order valence-corrected chi connectivity index (χ0v) is 18.5. The SMILES string of the molecule is COc1ccccc1NC(=O)CN(Cc1ccco1)C(=O)/C=C/c1c(Cl)nc2ccccn12. The van der Waals surface area contributed by atoms with Crippen molar-refractivity contribution in [2.45, 2.75) is 6.54 Å². The van der Waals surface area contributed by atoms with Crippen LogP contribution < -0.4 is 10.1 Å². The summed E-state index contributed by atoms with van der Waals surface area (Å²) in [5, 5.41) is 3.06. The molecule has 0 unspecified atom stereocenters. The van der Waals surface area contributed by atoms with Crippen LogP contribution in [0.3, 0.4) is 0 Å². The zero-order valence-electron chi connectivity index (χ0n) is 17.8. The molecule has 1 aromatic carbocycles. The fourth-order valence-corrected chi connectivity index (χ4v) is 3.54. The first kappa shape index (κ1) is 22.2. The number of ether oxygens (including phenoxy) is 1. The van der Waals surface area contributed by atoms with E-state index in [1.807, 2.05) is 18.2 Å². The van der Waals surface area contributed by atoms with Crippen LogP contribution in [0.5, 0.6) is 5.75 Å². The Morgan fingerprint density at radius 1 is 1.18 bits per heavy atom. The van der Waals surface area contributed by atoms with Crippen molar-refractivity contribution in [3.05, 3.63) is 89.7 Å². The van der Waals surface area contributed by atoms with E-state index in [1.54, 1.807) is 53.1 Å². The molecule has 2 amide bonds. The molecule has 0 saturated carbocycles. The molecule has 0 spiro atoms. The number of hydrogen-bond acceptors (Lipinski definition) is 5. The Morgan fingerprint density at radius 2 is 2.00 bits per heavy atom. The number of furan rings is 1. The van der Waals surface area contributed by atoms with Gasteiger partial charge in [0.05, 0.1) is 31.3 Å². The van der Waals surface area contributed by atoms with E-state index in [2.05, 4.69) is 10.3 Å². The molecule has 0 bridgehead atoms. The number of rotatable bonds is 8. The molecule has 0 aliphatic carbocycles. The van der Waals surface area contributed by atoms with E-state index >= 15 is 0 Å². The number of carbonyl (C=O) groups excluding carboxylic acids is 2. The molecule has 3 heterocycles. The van der Waals surface area contributed by atoms with E-state index in [0.717, 1.165) is 0 Å². The number of para-hydroxylation sites is 2. The lowest BCUT2D eigenvalue weighted by Gasteiger charge is -2.20. The predicted molar refractivity (Wildman–Crippen MR) is 125 cm³/mol. The van der Waals surface area contributed by atoms with Gasteiger partial charge in [-0.2, -0.15) is 0 Å². The summed E-state index contributed by atoms with van der Waals surface area (Å²) in [6.07, 6.45) is 6.26. The van der Waals surface area contributed by atoms with Gasteiger partial charge < -0.3 is 19.4 Å². The van der Waals surface area contributed by atoms with Crippen molar-refractivity contribution in [1.29, 1.82) is 0 Å². The standard InChI is InChI=1S/C24H21ClN4O4/c1-32-20-9-3-2-8-18(20)26-22(30)16-28(15-17-7-6-14-33-17)23(31)12-11-19-24(25)27-21-10-4-5-13-29(19)21/h2-14H,15-16H2,1H3,(H,26,30)/b12-11+. The Hall–Kier alpha value is -4.04. The van der Waals surface area contributed by atoms with Crippen molar-refractivity contribution in [2.24, 2.45) is 0 Å². The molecular weight excluding hydrogens is 444 g/mol. The van der Waals surface area contributed by atoms with E-state index in [4.69, 9.17) is 20.8 Å². The highest BCUT2D eigenvalue weighted by molar-refractivity contribution is 6.31. The van der Waals surface area contributed by atoms with Gasteiger partial charge in [-0.15, -0.1) is 0 Å². The van der Waals surface area contributed by atoms with Crippen LogP contribution in [0.1, 0.15) is 11.5 Å². The van der Waals surface area contributed by atoms with Crippen molar-refractivity contribution in [1.82, 2.24) is 14.3 Å². The van der Waals surface area contributed by atoms with Gasteiger partial charge in [0.15, 0.2) is 5.15 Å². The van der Waals surface area contributed by atoms with Crippen molar-refractivity contribution in [3.63, 3.8) is 0 Å². The van der Waals surface area contributed by atoms with Crippen LogP contribution in [0.2, 0.25) is 5.15 Å². The van der Waals surface area contributed by atoms with Crippen LogP contribution in [-0.2, 0) is 16.1 Å². The summed E-state index contributed by atoms with van der Waals surface area (Å²) in [4.78, 5) is 31.4. The molecule has 3 aromatic heterocycles. The van der Waals surface area contributed by atoms with E-state index in [-0.39, 0.29) is 30.1 Å². The van der Waals surface area contributed by atoms with Crippen LogP contribution in [-0.4, -0.2) is 39.8 Å². The first-order chi connectivity index (χ1) is 16.0. The van der Waals surface area contributed by atoms with Gasteiger partial charge in [-0.25, -0.2) is 4.98 Å². The Kier molecular flexibility index (Phi) is 6.75. The normalized spacial score (nSPS) is 11.1. The highest BCUT2D eigenvalue weighted by Gasteiger charge is 2.18. The lowest BCUT2D eigenvalue weighted by molar-refractivity contribution is -0.131. The molecule has 0 aliphatic heterocycles. The van der Waals surface area contributed by atoms with Crippen LogP contribution in [0.15, 0.2) is 77.6 Å². The van der Waals surface area contributed by atoms with Crippen LogP contribution in [0.25, 0.3) is 11.7 Å². The Bertz CT molecular complexity index is 1300. The summed E-state index contributed by atoms with van der Waals surface area (Å²) in [6, 6.07) is 16.0. The number of aromatic nitrogens is 2. The fraction of sp³-hybridized carbons (Fsp3) is 0.125. The molecule has 33 heavy (non-hydrogen) atoms. The summed E-state index contributed by atoms with van der Waals surface area (Å²) in [7, 11) is 1.52. The molecule has 0 radical (unpaired) electrons. The highest BCUT2D eigenvalue weighted by Crippen LogP contribution is 2.23. The molecule has 0 aliphatic rings. The fourth-order valence-electron chi connectivity index (χ4n) is 3.30. The molecule has 0 saturated heterocycles. The number of hydrogen-bond donors (Lipinski definition) is 1. The van der Waals surface area contributed by atoms with Crippen molar-refractivity contribution >= 4 is 40.8 Å². The number of halogens is 1. The average Bonchev–Trinajstić information content (AvgIpc) is 3.44. The molecule has 0 atom stereocenters. The molecular formula is C24H21ClN4O4. The number of carbonyl (C=O) groups is 2. The Morgan fingerprint density at radius 3 is 2.79 bits per heavy atom. The zero-order chi connectivity index (χ0) is 23.2. The quantitative estimate of drug-likeness (QED) is 0.393. The largest absolute Gasteiger partial charge is 0.495 e. The average molecular weight is 465 g/mol.